The number of thioether (sulfide) groups is 1. The first-order chi connectivity index (χ1) is 6.29. The molecule has 1 aromatic rings. The second-order valence-corrected chi connectivity index (χ2v) is 4.47. The molecule has 1 nitrogen and oxygen atoms in total. The summed E-state index contributed by atoms with van der Waals surface area (Å²) in [5.74, 6) is 1.22. The summed E-state index contributed by atoms with van der Waals surface area (Å²) < 4.78 is 2.34. The van der Waals surface area contributed by atoms with Gasteiger partial charge in [-0.05, 0) is 18.6 Å². The van der Waals surface area contributed by atoms with E-state index in [-0.39, 0.29) is 0 Å². The molecule has 1 heterocycles. The molecular formula is C11H14NS+. The van der Waals surface area contributed by atoms with Crippen LogP contribution in [0.3, 0.4) is 0 Å². The summed E-state index contributed by atoms with van der Waals surface area (Å²) in [5.41, 5.74) is 2.77. The first-order valence-corrected chi connectivity index (χ1v) is 5.54. The monoisotopic (exact) mass is 192 g/mol. The van der Waals surface area contributed by atoms with Gasteiger partial charge in [-0.2, -0.15) is 0 Å². The van der Waals surface area contributed by atoms with Crippen molar-refractivity contribution in [2.75, 3.05) is 19.3 Å². The van der Waals surface area contributed by atoms with E-state index in [4.69, 9.17) is 0 Å². The zero-order valence-electron chi connectivity index (χ0n) is 8.08. The van der Waals surface area contributed by atoms with Crippen LogP contribution in [0, 0.1) is 6.92 Å². The van der Waals surface area contributed by atoms with E-state index in [0.717, 1.165) is 0 Å². The van der Waals surface area contributed by atoms with Crippen molar-refractivity contribution < 1.29 is 4.58 Å². The van der Waals surface area contributed by atoms with Crippen LogP contribution in [0.1, 0.15) is 11.1 Å². The SMILES string of the molecule is Cc1ccccc1C1=[N+](C)CCS1. The Balaban J connectivity index is 2.46. The van der Waals surface area contributed by atoms with Gasteiger partial charge in [-0.15, -0.1) is 0 Å². The van der Waals surface area contributed by atoms with Crippen molar-refractivity contribution in [1.82, 2.24) is 0 Å². The van der Waals surface area contributed by atoms with Gasteiger partial charge >= 0.3 is 0 Å². The number of hydrogen-bond donors (Lipinski definition) is 0. The number of aryl methyl sites for hydroxylation is 1. The second-order valence-electron chi connectivity index (χ2n) is 3.39. The van der Waals surface area contributed by atoms with E-state index in [1.807, 2.05) is 11.8 Å². The quantitative estimate of drug-likeness (QED) is 0.616. The highest BCUT2D eigenvalue weighted by molar-refractivity contribution is 8.14. The molecule has 0 aliphatic carbocycles. The molecule has 0 atom stereocenters. The van der Waals surface area contributed by atoms with Gasteiger partial charge in [0.25, 0.3) is 0 Å². The molecular weight excluding hydrogens is 178 g/mol. The van der Waals surface area contributed by atoms with Crippen LogP contribution >= 0.6 is 11.8 Å². The van der Waals surface area contributed by atoms with Crippen molar-refractivity contribution >= 4 is 16.8 Å². The first-order valence-electron chi connectivity index (χ1n) is 4.56. The number of benzene rings is 1. The van der Waals surface area contributed by atoms with Crippen LogP contribution in [0.15, 0.2) is 24.3 Å². The maximum atomic E-state index is 2.34. The molecule has 0 unspecified atom stereocenters. The number of rotatable bonds is 1. The third kappa shape index (κ3) is 1.63. The predicted molar refractivity (Wildman–Crippen MR) is 58.8 cm³/mol. The topological polar surface area (TPSA) is 3.01 Å². The van der Waals surface area contributed by atoms with Crippen molar-refractivity contribution in [2.45, 2.75) is 6.92 Å². The van der Waals surface area contributed by atoms with Crippen LogP contribution in [0.4, 0.5) is 0 Å². The number of hydrogen-bond acceptors (Lipinski definition) is 1. The molecule has 0 bridgehead atoms. The normalized spacial score (nSPS) is 16.8. The fraction of sp³-hybridized carbons (Fsp3) is 0.364. The molecule has 1 aliphatic rings. The fourth-order valence-corrected chi connectivity index (χ4v) is 2.84. The lowest BCUT2D eigenvalue weighted by Crippen LogP contribution is -2.10. The Morgan fingerprint density at radius 2 is 2.08 bits per heavy atom. The summed E-state index contributed by atoms with van der Waals surface area (Å²) in [5, 5.41) is 1.43. The first kappa shape index (κ1) is 8.82. The molecule has 0 aromatic heterocycles. The predicted octanol–water partition coefficient (Wildman–Crippen LogP) is 2.13. The highest BCUT2D eigenvalue weighted by atomic mass is 32.2. The van der Waals surface area contributed by atoms with Gasteiger partial charge in [-0.25, -0.2) is 4.58 Å². The Morgan fingerprint density at radius 1 is 1.31 bits per heavy atom. The highest BCUT2D eigenvalue weighted by Crippen LogP contribution is 2.20. The van der Waals surface area contributed by atoms with Crippen LogP contribution < -0.4 is 0 Å². The minimum Gasteiger partial charge on any atom is -0.226 e. The zero-order chi connectivity index (χ0) is 9.26. The Bertz CT molecular complexity index is 355. The van der Waals surface area contributed by atoms with Crippen LogP contribution in [0.5, 0.6) is 0 Å². The van der Waals surface area contributed by atoms with E-state index in [1.165, 1.54) is 28.5 Å². The third-order valence-electron chi connectivity index (χ3n) is 2.39. The van der Waals surface area contributed by atoms with Crippen molar-refractivity contribution in [3.63, 3.8) is 0 Å². The van der Waals surface area contributed by atoms with Gasteiger partial charge in [0.1, 0.15) is 7.05 Å². The molecule has 0 radical (unpaired) electrons. The molecule has 0 fully saturated rings. The zero-order valence-corrected chi connectivity index (χ0v) is 8.90. The van der Waals surface area contributed by atoms with Gasteiger partial charge in [0.2, 0.25) is 5.04 Å². The highest BCUT2D eigenvalue weighted by Gasteiger charge is 2.22. The summed E-state index contributed by atoms with van der Waals surface area (Å²) in [6.07, 6.45) is 0. The average Bonchev–Trinajstić information content (AvgIpc) is 2.52. The van der Waals surface area contributed by atoms with E-state index >= 15 is 0 Å². The van der Waals surface area contributed by atoms with Crippen LogP contribution in [-0.4, -0.2) is 29.0 Å². The largest absolute Gasteiger partial charge is 0.242 e. The maximum Gasteiger partial charge on any atom is 0.242 e. The Hall–Kier alpha value is -0.760. The molecule has 0 saturated carbocycles. The van der Waals surface area contributed by atoms with Gasteiger partial charge in [0.05, 0.1) is 11.3 Å². The summed E-state index contributed by atoms with van der Waals surface area (Å²) in [4.78, 5) is 0. The molecule has 0 saturated heterocycles. The van der Waals surface area contributed by atoms with Crippen molar-refractivity contribution in [3.8, 4) is 0 Å². The molecule has 0 amide bonds. The average molecular weight is 192 g/mol. The summed E-state index contributed by atoms with van der Waals surface area (Å²) in [6.45, 7) is 3.35. The fourth-order valence-electron chi connectivity index (χ4n) is 1.59. The van der Waals surface area contributed by atoms with Gasteiger partial charge in [-0.3, -0.25) is 0 Å². The van der Waals surface area contributed by atoms with Crippen LogP contribution in [0.2, 0.25) is 0 Å². The van der Waals surface area contributed by atoms with Crippen LogP contribution in [-0.2, 0) is 0 Å². The lowest BCUT2D eigenvalue weighted by molar-refractivity contribution is -0.485. The van der Waals surface area contributed by atoms with Gasteiger partial charge in [0.15, 0.2) is 6.54 Å². The standard InChI is InChI=1S/C11H14NS/c1-9-5-3-4-6-10(9)11-12(2)7-8-13-11/h3-6H,7-8H2,1-2H3/q+1. The van der Waals surface area contributed by atoms with Crippen molar-refractivity contribution in [2.24, 2.45) is 0 Å². The van der Waals surface area contributed by atoms with Crippen LogP contribution in [0.25, 0.3) is 0 Å². The van der Waals surface area contributed by atoms with Gasteiger partial charge in [-0.1, -0.05) is 30.0 Å². The summed E-state index contributed by atoms with van der Waals surface area (Å²) in [7, 11) is 2.17. The summed E-state index contributed by atoms with van der Waals surface area (Å²) >= 11 is 1.96. The second kappa shape index (κ2) is 3.54. The maximum absolute atomic E-state index is 2.34. The molecule has 1 aromatic carbocycles. The third-order valence-corrected chi connectivity index (χ3v) is 3.58. The smallest absolute Gasteiger partial charge is 0.226 e. The Kier molecular flexibility index (Phi) is 2.40. The lowest BCUT2D eigenvalue weighted by atomic mass is 10.1. The molecule has 0 N–H and O–H groups in total. The van der Waals surface area contributed by atoms with E-state index in [0.29, 0.717) is 0 Å². The molecule has 13 heavy (non-hydrogen) atoms. The minimum atomic E-state index is 1.17. The van der Waals surface area contributed by atoms with Gasteiger partial charge in [0, 0.05) is 0 Å². The molecule has 1 aliphatic heterocycles. The van der Waals surface area contributed by atoms with E-state index in [9.17, 15) is 0 Å². The summed E-state index contributed by atoms with van der Waals surface area (Å²) in [6, 6.07) is 8.59. The Morgan fingerprint density at radius 3 is 2.69 bits per heavy atom. The van der Waals surface area contributed by atoms with E-state index < -0.39 is 0 Å². The van der Waals surface area contributed by atoms with Crippen molar-refractivity contribution in [3.05, 3.63) is 35.4 Å². The van der Waals surface area contributed by atoms with E-state index in [2.05, 4.69) is 42.8 Å². The van der Waals surface area contributed by atoms with E-state index in [1.54, 1.807) is 0 Å². The lowest BCUT2D eigenvalue weighted by Gasteiger charge is -2.00. The molecule has 2 heteroatoms. The molecule has 0 spiro atoms. The minimum absolute atomic E-state index is 1.17. The Labute approximate surface area is 83.5 Å². The van der Waals surface area contributed by atoms with Crippen molar-refractivity contribution in [1.29, 1.82) is 0 Å². The molecule has 68 valence electrons. The molecule has 2 rings (SSSR count). The van der Waals surface area contributed by atoms with Gasteiger partial charge < -0.3 is 0 Å². The number of nitrogens with zero attached hydrogens (tertiary/aromatic N) is 1.